The van der Waals surface area contributed by atoms with Gasteiger partial charge in [0.1, 0.15) is 6.33 Å². The molecular weight excluding hydrogens is 497 g/mol. The van der Waals surface area contributed by atoms with Gasteiger partial charge in [0.15, 0.2) is 0 Å². The molecule has 0 N–H and O–H groups in total. The molecule has 0 saturated heterocycles. The predicted molar refractivity (Wildman–Crippen MR) is 93.0 cm³/mol. The topological polar surface area (TPSA) is 43.6 Å². The van der Waals surface area contributed by atoms with Crippen LogP contribution in [-0.2, 0) is 20.1 Å². The van der Waals surface area contributed by atoms with Gasteiger partial charge in [-0.25, -0.2) is 0 Å². The molecule has 24 heavy (non-hydrogen) atoms. The smallest absolute Gasteiger partial charge is 0.114 e. The Balaban J connectivity index is 0.00000169. The van der Waals surface area contributed by atoms with E-state index < -0.39 is 0 Å². The summed E-state index contributed by atoms with van der Waals surface area (Å²) >= 11 is 1.60. The summed E-state index contributed by atoms with van der Waals surface area (Å²) in [6.07, 6.45) is 1.77. The van der Waals surface area contributed by atoms with Crippen LogP contribution in [0.2, 0.25) is 0 Å². The van der Waals surface area contributed by atoms with E-state index >= 15 is 0 Å². The van der Waals surface area contributed by atoms with E-state index in [1.54, 1.807) is 17.7 Å². The van der Waals surface area contributed by atoms with Crippen LogP contribution in [0.3, 0.4) is 0 Å². The van der Waals surface area contributed by atoms with Crippen molar-refractivity contribution in [3.63, 3.8) is 0 Å². The molecule has 2 aromatic heterocycles. The molecule has 0 atom stereocenters. The molecule has 4 nitrogen and oxygen atoms in total. The zero-order valence-electron chi connectivity index (χ0n) is 13.5. The Hall–Kier alpha value is -1.88. The molecule has 0 aliphatic carbocycles. The minimum Gasteiger partial charge on any atom is -0.322 e. The maximum Gasteiger partial charge on any atom is 0.114 e. The van der Waals surface area contributed by atoms with E-state index in [-0.39, 0.29) is 20.1 Å². The molecule has 0 aliphatic heterocycles. The standard InChI is InChI=1S/C18H15N4S.Ir/c1-11-7-12(2)16(13(3)8-11)22-9-20-21-18(22)14-5-4-6-15-17(14)23-10-19-15;/h4,6-10H,1-3H3;/q-1;. The Morgan fingerprint density at radius 3 is 2.62 bits per heavy atom. The molecule has 1 radical (unpaired) electrons. The van der Waals surface area contributed by atoms with Gasteiger partial charge < -0.3 is 4.57 Å². The monoisotopic (exact) mass is 512 g/mol. The first-order valence-electron chi connectivity index (χ1n) is 7.37. The van der Waals surface area contributed by atoms with Gasteiger partial charge in [0.2, 0.25) is 0 Å². The number of aryl methyl sites for hydroxylation is 3. The van der Waals surface area contributed by atoms with Crippen molar-refractivity contribution in [1.29, 1.82) is 0 Å². The van der Waals surface area contributed by atoms with Crippen molar-refractivity contribution in [3.8, 4) is 17.1 Å². The predicted octanol–water partition coefficient (Wildman–Crippen LogP) is 4.27. The van der Waals surface area contributed by atoms with Gasteiger partial charge in [0, 0.05) is 25.8 Å². The second-order valence-electron chi connectivity index (χ2n) is 5.69. The molecule has 6 heteroatoms. The molecule has 0 saturated carbocycles. The van der Waals surface area contributed by atoms with E-state index in [0.29, 0.717) is 0 Å². The van der Waals surface area contributed by atoms with Crippen molar-refractivity contribution < 1.29 is 20.1 Å². The van der Waals surface area contributed by atoms with Gasteiger partial charge in [-0.05, 0) is 42.1 Å². The van der Waals surface area contributed by atoms with Crippen molar-refractivity contribution in [2.75, 3.05) is 0 Å². The third-order valence-corrected chi connectivity index (χ3v) is 4.80. The Kier molecular flexibility index (Phi) is 4.63. The first kappa shape index (κ1) is 17.0. The molecule has 0 fully saturated rings. The Bertz CT molecular complexity index is 996. The maximum absolute atomic E-state index is 4.38. The van der Waals surface area contributed by atoms with E-state index in [1.807, 2.05) is 17.6 Å². The molecule has 0 amide bonds. The Morgan fingerprint density at radius 1 is 1.12 bits per heavy atom. The van der Waals surface area contributed by atoms with E-state index in [1.165, 1.54) is 16.7 Å². The van der Waals surface area contributed by atoms with Crippen molar-refractivity contribution in [3.05, 3.63) is 58.9 Å². The molecule has 2 aromatic carbocycles. The summed E-state index contributed by atoms with van der Waals surface area (Å²) in [6, 6.07) is 11.5. The fourth-order valence-electron chi connectivity index (χ4n) is 3.12. The third-order valence-electron chi connectivity index (χ3n) is 3.94. The summed E-state index contributed by atoms with van der Waals surface area (Å²) in [5.74, 6) is 0.801. The van der Waals surface area contributed by atoms with Crippen LogP contribution in [-0.4, -0.2) is 19.7 Å². The molecule has 2 heterocycles. The molecule has 4 aromatic rings. The Morgan fingerprint density at radius 2 is 1.88 bits per heavy atom. The van der Waals surface area contributed by atoms with Crippen LogP contribution in [0.1, 0.15) is 16.7 Å². The number of thiazole rings is 1. The fraction of sp³-hybridized carbons (Fsp3) is 0.167. The molecule has 4 rings (SSSR count). The zero-order chi connectivity index (χ0) is 16.0. The van der Waals surface area contributed by atoms with Crippen LogP contribution >= 0.6 is 11.3 Å². The molecule has 123 valence electrons. The van der Waals surface area contributed by atoms with Gasteiger partial charge in [-0.1, -0.05) is 23.3 Å². The number of hydrogen-bond donors (Lipinski definition) is 0. The maximum atomic E-state index is 4.38. The van der Waals surface area contributed by atoms with Crippen LogP contribution in [0.15, 0.2) is 36.1 Å². The van der Waals surface area contributed by atoms with Crippen molar-refractivity contribution in [2.24, 2.45) is 0 Å². The van der Waals surface area contributed by atoms with Crippen LogP contribution in [0.4, 0.5) is 0 Å². The van der Waals surface area contributed by atoms with Crippen molar-refractivity contribution >= 4 is 21.6 Å². The van der Waals surface area contributed by atoms with E-state index in [0.717, 1.165) is 27.3 Å². The normalized spacial score (nSPS) is 10.8. The number of nitrogens with zero attached hydrogens (tertiary/aromatic N) is 4. The minimum atomic E-state index is 0. The van der Waals surface area contributed by atoms with Crippen LogP contribution < -0.4 is 0 Å². The van der Waals surface area contributed by atoms with Gasteiger partial charge in [0.25, 0.3) is 0 Å². The van der Waals surface area contributed by atoms with E-state index in [4.69, 9.17) is 0 Å². The first-order chi connectivity index (χ1) is 11.1. The van der Waals surface area contributed by atoms with Gasteiger partial charge in [0.05, 0.1) is 11.3 Å². The molecule has 0 unspecified atom stereocenters. The second kappa shape index (κ2) is 6.55. The number of fused-ring (bicyclic) bond motifs is 1. The van der Waals surface area contributed by atoms with Crippen molar-refractivity contribution in [2.45, 2.75) is 20.8 Å². The second-order valence-corrected chi connectivity index (χ2v) is 6.55. The summed E-state index contributed by atoms with van der Waals surface area (Å²) in [5, 5.41) is 8.51. The van der Waals surface area contributed by atoms with E-state index in [2.05, 4.69) is 58.7 Å². The third kappa shape index (κ3) is 2.71. The Labute approximate surface area is 157 Å². The summed E-state index contributed by atoms with van der Waals surface area (Å²) < 4.78 is 3.14. The van der Waals surface area contributed by atoms with E-state index in [9.17, 15) is 0 Å². The zero-order valence-corrected chi connectivity index (χ0v) is 16.7. The minimum absolute atomic E-state index is 0. The van der Waals surface area contributed by atoms with Crippen LogP contribution in [0.25, 0.3) is 27.3 Å². The molecule has 0 aliphatic rings. The molecule has 0 spiro atoms. The molecular formula is C18H15IrN4S-. The van der Waals surface area contributed by atoms with Gasteiger partial charge in [-0.3, -0.25) is 4.98 Å². The van der Waals surface area contributed by atoms with Crippen LogP contribution in [0.5, 0.6) is 0 Å². The summed E-state index contributed by atoms with van der Waals surface area (Å²) in [4.78, 5) is 4.38. The van der Waals surface area contributed by atoms with Gasteiger partial charge >= 0.3 is 0 Å². The SMILES string of the molecule is Cc1cc(C)c(-n2cnnc2-c2[c-]ccc3ncsc23)c(C)c1.[Ir]. The number of hydrogen-bond acceptors (Lipinski definition) is 4. The largest absolute Gasteiger partial charge is 0.322 e. The number of aromatic nitrogens is 4. The first-order valence-corrected chi connectivity index (χ1v) is 8.25. The van der Waals surface area contributed by atoms with Gasteiger partial charge in [-0.15, -0.1) is 23.3 Å². The fourth-order valence-corrected chi connectivity index (χ4v) is 3.90. The summed E-state index contributed by atoms with van der Waals surface area (Å²) in [7, 11) is 0. The van der Waals surface area contributed by atoms with Gasteiger partial charge in [-0.2, -0.15) is 16.4 Å². The number of rotatable bonds is 2. The summed E-state index contributed by atoms with van der Waals surface area (Å²) in [6.45, 7) is 6.36. The van der Waals surface area contributed by atoms with Crippen LogP contribution in [0, 0.1) is 26.8 Å². The summed E-state index contributed by atoms with van der Waals surface area (Å²) in [5.41, 5.74) is 8.57. The average Bonchev–Trinajstić information content (AvgIpc) is 3.14. The number of benzene rings is 2. The quantitative estimate of drug-likeness (QED) is 0.378. The average molecular weight is 512 g/mol. The molecule has 0 bridgehead atoms. The van der Waals surface area contributed by atoms with Crippen molar-refractivity contribution in [1.82, 2.24) is 19.7 Å².